The molecule has 0 aliphatic carbocycles. The van der Waals surface area contributed by atoms with Gasteiger partial charge < -0.3 is 5.11 Å². The van der Waals surface area contributed by atoms with Crippen molar-refractivity contribution in [2.24, 2.45) is 0 Å². The van der Waals surface area contributed by atoms with E-state index in [1.807, 2.05) is 54.6 Å². The molecule has 1 atom stereocenters. The summed E-state index contributed by atoms with van der Waals surface area (Å²) in [5.41, 5.74) is 3.03. The van der Waals surface area contributed by atoms with E-state index in [-0.39, 0.29) is 0 Å². The van der Waals surface area contributed by atoms with Gasteiger partial charge in [-0.1, -0.05) is 80.8 Å². The number of hydrogen-bond donors (Lipinski definition) is 1. The number of benzene rings is 2. The summed E-state index contributed by atoms with van der Waals surface area (Å²) >= 11 is 0. The van der Waals surface area contributed by atoms with Gasteiger partial charge in [0, 0.05) is 0 Å². The number of carbonyl (C=O) groups is 1. The Balaban J connectivity index is 2.35. The number of carboxylic acid groups (broad SMARTS) is 1. The second-order valence-electron chi connectivity index (χ2n) is 5.34. The minimum atomic E-state index is -0.727. The van der Waals surface area contributed by atoms with Gasteiger partial charge in [0.25, 0.3) is 0 Å². The van der Waals surface area contributed by atoms with E-state index >= 15 is 0 Å². The van der Waals surface area contributed by atoms with Crippen molar-refractivity contribution >= 4 is 5.97 Å². The molecule has 1 unspecified atom stereocenters. The van der Waals surface area contributed by atoms with E-state index in [1.54, 1.807) is 0 Å². The van der Waals surface area contributed by atoms with Gasteiger partial charge in [-0.15, -0.1) is 0 Å². The van der Waals surface area contributed by atoms with Crippen LogP contribution in [0.3, 0.4) is 0 Å². The van der Waals surface area contributed by atoms with Crippen LogP contribution in [0.25, 0.3) is 11.1 Å². The SMILES string of the molecule is CCCCCC(C(=O)O)c1ccccc1-c1ccccc1. The quantitative estimate of drug-likeness (QED) is 0.717. The number of rotatable bonds is 7. The maximum Gasteiger partial charge on any atom is 0.310 e. The molecule has 0 saturated heterocycles. The number of unbranched alkanes of at least 4 members (excludes halogenated alkanes) is 2. The average Bonchev–Trinajstić information content (AvgIpc) is 2.52. The smallest absolute Gasteiger partial charge is 0.310 e. The molecular formula is C19H22O2. The fourth-order valence-corrected chi connectivity index (χ4v) is 2.69. The highest BCUT2D eigenvalue weighted by molar-refractivity contribution is 5.81. The van der Waals surface area contributed by atoms with E-state index in [0.717, 1.165) is 36.0 Å². The average molecular weight is 282 g/mol. The van der Waals surface area contributed by atoms with Crippen LogP contribution in [0.2, 0.25) is 0 Å². The fourth-order valence-electron chi connectivity index (χ4n) is 2.69. The molecule has 2 rings (SSSR count). The lowest BCUT2D eigenvalue weighted by Crippen LogP contribution is -2.12. The van der Waals surface area contributed by atoms with Crippen molar-refractivity contribution in [3.05, 3.63) is 60.2 Å². The second-order valence-corrected chi connectivity index (χ2v) is 5.34. The zero-order valence-electron chi connectivity index (χ0n) is 12.5. The Morgan fingerprint density at radius 1 is 1.00 bits per heavy atom. The van der Waals surface area contributed by atoms with Gasteiger partial charge in [-0.3, -0.25) is 4.79 Å². The zero-order valence-corrected chi connectivity index (χ0v) is 12.5. The standard InChI is InChI=1S/C19H22O2/c1-2-3-5-14-18(19(20)21)17-13-9-8-12-16(17)15-10-6-4-7-11-15/h4,6-13,18H,2-3,5,14H2,1H3,(H,20,21). The predicted octanol–water partition coefficient (Wildman–Crippen LogP) is 5.10. The van der Waals surface area contributed by atoms with Crippen LogP contribution < -0.4 is 0 Å². The number of aliphatic carboxylic acids is 1. The summed E-state index contributed by atoms with van der Waals surface area (Å²) in [5, 5.41) is 9.60. The molecule has 2 nitrogen and oxygen atoms in total. The van der Waals surface area contributed by atoms with Crippen molar-refractivity contribution < 1.29 is 9.90 Å². The molecule has 1 N–H and O–H groups in total. The Morgan fingerprint density at radius 3 is 2.33 bits per heavy atom. The third-order valence-electron chi connectivity index (χ3n) is 3.82. The number of carboxylic acids is 1. The van der Waals surface area contributed by atoms with Gasteiger partial charge in [0.05, 0.1) is 5.92 Å². The highest BCUT2D eigenvalue weighted by Crippen LogP contribution is 2.32. The molecular weight excluding hydrogens is 260 g/mol. The van der Waals surface area contributed by atoms with Crippen molar-refractivity contribution in [2.75, 3.05) is 0 Å². The minimum Gasteiger partial charge on any atom is -0.481 e. The van der Waals surface area contributed by atoms with Gasteiger partial charge in [0.1, 0.15) is 0 Å². The van der Waals surface area contributed by atoms with E-state index < -0.39 is 11.9 Å². The van der Waals surface area contributed by atoms with Crippen molar-refractivity contribution in [3.8, 4) is 11.1 Å². The summed E-state index contributed by atoms with van der Waals surface area (Å²) in [6, 6.07) is 17.9. The first-order valence-electron chi connectivity index (χ1n) is 7.61. The molecule has 2 heteroatoms. The molecule has 0 aliphatic heterocycles. The van der Waals surface area contributed by atoms with Gasteiger partial charge in [-0.05, 0) is 23.1 Å². The second kappa shape index (κ2) is 7.63. The molecule has 0 fully saturated rings. The molecule has 0 radical (unpaired) electrons. The first-order chi connectivity index (χ1) is 10.2. The maximum atomic E-state index is 11.7. The molecule has 0 aromatic heterocycles. The molecule has 2 aromatic rings. The van der Waals surface area contributed by atoms with Gasteiger partial charge >= 0.3 is 5.97 Å². The monoisotopic (exact) mass is 282 g/mol. The van der Waals surface area contributed by atoms with Crippen LogP contribution in [-0.4, -0.2) is 11.1 Å². The van der Waals surface area contributed by atoms with Crippen LogP contribution in [0.1, 0.15) is 44.1 Å². The lowest BCUT2D eigenvalue weighted by atomic mass is 9.87. The van der Waals surface area contributed by atoms with E-state index in [0.29, 0.717) is 6.42 Å². The summed E-state index contributed by atoms with van der Waals surface area (Å²) in [5.74, 6) is -1.15. The summed E-state index contributed by atoms with van der Waals surface area (Å²) in [6.45, 7) is 2.13. The number of hydrogen-bond acceptors (Lipinski definition) is 1. The van der Waals surface area contributed by atoms with Crippen LogP contribution in [0.15, 0.2) is 54.6 Å². The topological polar surface area (TPSA) is 37.3 Å². The third kappa shape index (κ3) is 3.94. The molecule has 110 valence electrons. The van der Waals surface area contributed by atoms with E-state index in [4.69, 9.17) is 0 Å². The molecule has 0 saturated carbocycles. The highest BCUT2D eigenvalue weighted by Gasteiger charge is 2.22. The van der Waals surface area contributed by atoms with Gasteiger partial charge in [0.15, 0.2) is 0 Å². The van der Waals surface area contributed by atoms with Crippen molar-refractivity contribution in [2.45, 2.75) is 38.5 Å². The van der Waals surface area contributed by atoms with Crippen LogP contribution in [-0.2, 0) is 4.79 Å². The summed E-state index contributed by atoms with van der Waals surface area (Å²) < 4.78 is 0. The Bertz CT molecular complexity index is 575. The third-order valence-corrected chi connectivity index (χ3v) is 3.82. The van der Waals surface area contributed by atoms with Crippen LogP contribution in [0.4, 0.5) is 0 Å². The largest absolute Gasteiger partial charge is 0.481 e. The molecule has 0 spiro atoms. The van der Waals surface area contributed by atoms with E-state index in [9.17, 15) is 9.90 Å². The van der Waals surface area contributed by atoms with Crippen LogP contribution in [0.5, 0.6) is 0 Å². The first kappa shape index (κ1) is 15.3. The first-order valence-corrected chi connectivity index (χ1v) is 7.61. The highest BCUT2D eigenvalue weighted by atomic mass is 16.4. The van der Waals surface area contributed by atoms with Crippen molar-refractivity contribution in [3.63, 3.8) is 0 Å². The molecule has 0 amide bonds. The fraction of sp³-hybridized carbons (Fsp3) is 0.316. The van der Waals surface area contributed by atoms with Gasteiger partial charge in [0.2, 0.25) is 0 Å². The van der Waals surface area contributed by atoms with Gasteiger partial charge in [-0.2, -0.15) is 0 Å². The maximum absolute atomic E-state index is 11.7. The Morgan fingerprint density at radius 2 is 1.67 bits per heavy atom. The van der Waals surface area contributed by atoms with Crippen LogP contribution in [0, 0.1) is 0 Å². The Labute approximate surface area is 126 Å². The lowest BCUT2D eigenvalue weighted by Gasteiger charge is -2.17. The summed E-state index contributed by atoms with van der Waals surface area (Å²) in [4.78, 5) is 11.7. The van der Waals surface area contributed by atoms with Crippen molar-refractivity contribution in [1.82, 2.24) is 0 Å². The zero-order chi connectivity index (χ0) is 15.1. The summed E-state index contributed by atoms with van der Waals surface area (Å²) in [6.07, 6.45) is 3.84. The lowest BCUT2D eigenvalue weighted by molar-refractivity contribution is -0.139. The minimum absolute atomic E-state index is 0.423. The predicted molar refractivity (Wildman–Crippen MR) is 86.4 cm³/mol. The molecule has 0 bridgehead atoms. The molecule has 0 aliphatic rings. The molecule has 2 aromatic carbocycles. The molecule has 0 heterocycles. The van der Waals surface area contributed by atoms with Crippen LogP contribution >= 0.6 is 0 Å². The van der Waals surface area contributed by atoms with Crippen molar-refractivity contribution in [1.29, 1.82) is 0 Å². The van der Waals surface area contributed by atoms with E-state index in [2.05, 4.69) is 6.92 Å². The van der Waals surface area contributed by atoms with E-state index in [1.165, 1.54) is 0 Å². The Kier molecular flexibility index (Phi) is 5.56. The normalized spacial score (nSPS) is 12.0. The Hall–Kier alpha value is -2.09. The summed E-state index contributed by atoms with van der Waals surface area (Å²) in [7, 11) is 0. The van der Waals surface area contributed by atoms with Gasteiger partial charge in [-0.25, -0.2) is 0 Å². The molecule has 21 heavy (non-hydrogen) atoms.